The first-order valence-corrected chi connectivity index (χ1v) is 10.7. The van der Waals surface area contributed by atoms with Crippen molar-refractivity contribution in [2.75, 3.05) is 10.6 Å². The number of anilines is 2. The number of rotatable bonds is 4. The van der Waals surface area contributed by atoms with Gasteiger partial charge in [-0.1, -0.05) is 53.5 Å². The third kappa shape index (κ3) is 4.19. The number of fused-ring (bicyclic) bond motifs is 1. The first-order valence-electron chi connectivity index (χ1n) is 9.08. The van der Waals surface area contributed by atoms with Crippen molar-refractivity contribution in [2.45, 2.75) is 6.92 Å². The molecule has 0 atom stereocenters. The third-order valence-electron chi connectivity index (χ3n) is 4.57. The number of hydrogen-bond acceptors (Lipinski definition) is 3. The molecule has 30 heavy (non-hydrogen) atoms. The molecule has 0 saturated carbocycles. The van der Waals surface area contributed by atoms with Crippen molar-refractivity contribution in [1.29, 1.82) is 0 Å². The Kier molecular flexibility index (Phi) is 5.77. The van der Waals surface area contributed by atoms with E-state index >= 15 is 0 Å². The van der Waals surface area contributed by atoms with Crippen LogP contribution in [0.4, 0.5) is 11.4 Å². The molecule has 3 aromatic carbocycles. The van der Waals surface area contributed by atoms with Crippen LogP contribution in [0.25, 0.3) is 10.1 Å². The highest BCUT2D eigenvalue weighted by molar-refractivity contribution is 7.21. The van der Waals surface area contributed by atoms with Crippen LogP contribution in [0.1, 0.15) is 25.6 Å². The summed E-state index contributed by atoms with van der Waals surface area (Å²) in [5.41, 5.74) is 2.62. The molecule has 0 aliphatic heterocycles. The molecule has 4 nitrogen and oxygen atoms in total. The van der Waals surface area contributed by atoms with Crippen molar-refractivity contribution < 1.29 is 9.59 Å². The van der Waals surface area contributed by atoms with Gasteiger partial charge >= 0.3 is 0 Å². The summed E-state index contributed by atoms with van der Waals surface area (Å²) in [6.07, 6.45) is 0. The summed E-state index contributed by atoms with van der Waals surface area (Å²) < 4.78 is 0.844. The van der Waals surface area contributed by atoms with Gasteiger partial charge in [0.05, 0.1) is 5.02 Å². The number of halogens is 2. The van der Waals surface area contributed by atoms with Crippen molar-refractivity contribution in [1.82, 2.24) is 0 Å². The largest absolute Gasteiger partial charge is 0.322 e. The molecule has 1 aromatic heterocycles. The molecule has 1 heterocycles. The highest BCUT2D eigenvalue weighted by atomic mass is 35.5. The quantitative estimate of drug-likeness (QED) is 0.347. The zero-order chi connectivity index (χ0) is 21.3. The highest BCUT2D eigenvalue weighted by Crippen LogP contribution is 2.37. The van der Waals surface area contributed by atoms with E-state index in [0.29, 0.717) is 31.9 Å². The van der Waals surface area contributed by atoms with Gasteiger partial charge in [0.1, 0.15) is 4.88 Å². The van der Waals surface area contributed by atoms with E-state index < -0.39 is 0 Å². The first-order chi connectivity index (χ1) is 14.4. The highest BCUT2D eigenvalue weighted by Gasteiger charge is 2.18. The predicted molar refractivity (Wildman–Crippen MR) is 125 cm³/mol. The smallest absolute Gasteiger partial charge is 0.267 e. The fourth-order valence-electron chi connectivity index (χ4n) is 3.07. The summed E-state index contributed by atoms with van der Waals surface area (Å²) >= 11 is 13.7. The average Bonchev–Trinajstić information content (AvgIpc) is 3.04. The first kappa shape index (κ1) is 20.4. The van der Waals surface area contributed by atoms with Crippen molar-refractivity contribution >= 4 is 67.8 Å². The van der Waals surface area contributed by atoms with Gasteiger partial charge in [-0.05, 0) is 48.9 Å². The Bertz CT molecular complexity index is 1280. The molecule has 0 saturated heterocycles. The van der Waals surface area contributed by atoms with Crippen LogP contribution in [-0.4, -0.2) is 11.8 Å². The van der Waals surface area contributed by atoms with Crippen LogP contribution in [0.5, 0.6) is 0 Å². The standard InChI is InChI=1S/C23H16Cl2N2O2S/c1-13-5-2-3-8-17(13)22(28)26-15-6-4-7-16(12-15)27-23(29)21-20(25)18-10-9-14(24)11-19(18)30-21/h2-12H,1H3,(H,26,28)(H,27,29). The van der Waals surface area contributed by atoms with Crippen molar-refractivity contribution in [3.05, 3.63) is 92.8 Å². The van der Waals surface area contributed by atoms with Gasteiger partial charge in [0.25, 0.3) is 11.8 Å². The minimum Gasteiger partial charge on any atom is -0.322 e. The number of nitrogens with one attached hydrogen (secondary N) is 2. The predicted octanol–water partition coefficient (Wildman–Crippen LogP) is 7.02. The van der Waals surface area contributed by atoms with Crippen molar-refractivity contribution in [3.63, 3.8) is 0 Å². The molecule has 0 unspecified atom stereocenters. The average molecular weight is 455 g/mol. The lowest BCUT2D eigenvalue weighted by Gasteiger charge is -2.10. The fraction of sp³-hybridized carbons (Fsp3) is 0.0435. The Hall–Kier alpha value is -2.86. The molecule has 4 aromatic rings. The van der Waals surface area contributed by atoms with Gasteiger partial charge in [0.2, 0.25) is 0 Å². The molecule has 150 valence electrons. The molecule has 0 aliphatic carbocycles. The van der Waals surface area contributed by atoms with E-state index in [1.165, 1.54) is 11.3 Å². The lowest BCUT2D eigenvalue weighted by molar-refractivity contribution is 0.102. The Labute approximate surface area is 187 Å². The summed E-state index contributed by atoms with van der Waals surface area (Å²) in [7, 11) is 0. The fourth-order valence-corrected chi connectivity index (χ4v) is 4.76. The molecule has 0 fully saturated rings. The van der Waals surface area contributed by atoms with Gasteiger partial charge in [0, 0.05) is 32.0 Å². The summed E-state index contributed by atoms with van der Waals surface area (Å²) in [6, 6.07) is 19.7. The number of carbonyl (C=O) groups is 2. The lowest BCUT2D eigenvalue weighted by atomic mass is 10.1. The van der Waals surface area contributed by atoms with Crippen LogP contribution in [-0.2, 0) is 0 Å². The minimum atomic E-state index is -0.320. The van der Waals surface area contributed by atoms with E-state index in [1.807, 2.05) is 25.1 Å². The van der Waals surface area contributed by atoms with Crippen LogP contribution in [0.3, 0.4) is 0 Å². The van der Waals surface area contributed by atoms with Gasteiger partial charge in [-0.25, -0.2) is 0 Å². The normalized spacial score (nSPS) is 10.8. The maximum absolute atomic E-state index is 12.8. The number of aryl methyl sites for hydroxylation is 1. The Balaban J connectivity index is 1.53. The van der Waals surface area contributed by atoms with E-state index in [0.717, 1.165) is 15.6 Å². The van der Waals surface area contributed by atoms with Crippen LogP contribution in [0.15, 0.2) is 66.7 Å². The van der Waals surface area contributed by atoms with Crippen LogP contribution in [0.2, 0.25) is 10.0 Å². The minimum absolute atomic E-state index is 0.207. The molecule has 2 amide bonds. The van der Waals surface area contributed by atoms with E-state index in [2.05, 4.69) is 10.6 Å². The van der Waals surface area contributed by atoms with Gasteiger partial charge < -0.3 is 10.6 Å². The van der Waals surface area contributed by atoms with E-state index in [9.17, 15) is 9.59 Å². The second kappa shape index (κ2) is 8.48. The SMILES string of the molecule is Cc1ccccc1C(=O)Nc1cccc(NC(=O)c2sc3cc(Cl)ccc3c2Cl)c1. The monoisotopic (exact) mass is 454 g/mol. The molecular formula is C23H16Cl2N2O2S. The molecular weight excluding hydrogens is 439 g/mol. The number of benzene rings is 3. The Morgan fingerprint density at radius 3 is 2.27 bits per heavy atom. The Morgan fingerprint density at radius 2 is 1.53 bits per heavy atom. The second-order valence-corrected chi connectivity index (χ2v) is 8.56. The summed E-state index contributed by atoms with van der Waals surface area (Å²) in [6.45, 7) is 1.88. The molecule has 0 bridgehead atoms. The zero-order valence-corrected chi connectivity index (χ0v) is 18.2. The number of thiophene rings is 1. The summed E-state index contributed by atoms with van der Waals surface area (Å²) in [5.74, 6) is -0.527. The Morgan fingerprint density at radius 1 is 0.833 bits per heavy atom. The van der Waals surface area contributed by atoms with Crippen molar-refractivity contribution in [3.8, 4) is 0 Å². The van der Waals surface area contributed by atoms with Gasteiger partial charge in [-0.15, -0.1) is 11.3 Å². The molecule has 2 N–H and O–H groups in total. The van der Waals surface area contributed by atoms with E-state index in [1.54, 1.807) is 48.5 Å². The topological polar surface area (TPSA) is 58.2 Å². The number of hydrogen-bond donors (Lipinski definition) is 2. The number of carbonyl (C=O) groups excluding carboxylic acids is 2. The lowest BCUT2D eigenvalue weighted by Crippen LogP contribution is -2.14. The number of amides is 2. The molecule has 4 rings (SSSR count). The zero-order valence-electron chi connectivity index (χ0n) is 15.8. The van der Waals surface area contributed by atoms with E-state index in [4.69, 9.17) is 23.2 Å². The maximum atomic E-state index is 12.8. The van der Waals surface area contributed by atoms with Crippen molar-refractivity contribution in [2.24, 2.45) is 0 Å². The van der Waals surface area contributed by atoms with Gasteiger partial charge in [-0.2, -0.15) is 0 Å². The third-order valence-corrected chi connectivity index (χ3v) is 6.46. The molecule has 0 spiro atoms. The van der Waals surface area contributed by atoms with Gasteiger partial charge in [-0.3, -0.25) is 9.59 Å². The molecule has 7 heteroatoms. The maximum Gasteiger partial charge on any atom is 0.267 e. The van der Waals surface area contributed by atoms with Crippen LogP contribution < -0.4 is 10.6 Å². The second-order valence-electron chi connectivity index (χ2n) is 6.69. The van der Waals surface area contributed by atoms with E-state index in [-0.39, 0.29) is 11.8 Å². The molecule has 0 aliphatic rings. The molecule has 0 radical (unpaired) electrons. The van der Waals surface area contributed by atoms with Crippen LogP contribution >= 0.6 is 34.5 Å². The van der Waals surface area contributed by atoms with Gasteiger partial charge in [0.15, 0.2) is 0 Å². The summed E-state index contributed by atoms with van der Waals surface area (Å²) in [4.78, 5) is 25.7. The van der Waals surface area contributed by atoms with Crippen LogP contribution in [0, 0.1) is 6.92 Å². The summed E-state index contributed by atoms with van der Waals surface area (Å²) in [5, 5.41) is 7.48.